The molecule has 21 heavy (non-hydrogen) atoms. The number of nitrogens with zero attached hydrogens (tertiary/aromatic N) is 4. The maximum absolute atomic E-state index is 13.0. The van der Waals surface area contributed by atoms with Crippen LogP contribution in [0.2, 0.25) is 5.28 Å². The Balaban J connectivity index is 2.83. The Kier molecular flexibility index (Phi) is 3.77. The van der Waals surface area contributed by atoms with Crippen LogP contribution in [0.1, 0.15) is 11.3 Å². The Morgan fingerprint density at radius 3 is 2.57 bits per heavy atom. The minimum Gasteiger partial charge on any atom is -0.264 e. The van der Waals surface area contributed by atoms with Gasteiger partial charge in [-0.3, -0.25) is 15.1 Å². The molecule has 0 saturated carbocycles. The zero-order valence-electron chi connectivity index (χ0n) is 10.3. The lowest BCUT2D eigenvalue weighted by molar-refractivity contribution is -0.385. The van der Waals surface area contributed by atoms with E-state index in [0.29, 0.717) is 6.07 Å². The Morgan fingerprint density at radius 1 is 1.33 bits per heavy atom. The molecule has 110 valence electrons. The van der Waals surface area contributed by atoms with Crippen LogP contribution in [-0.4, -0.2) is 19.9 Å². The first kappa shape index (κ1) is 15.1. The summed E-state index contributed by atoms with van der Waals surface area (Å²) < 4.78 is 39.0. The van der Waals surface area contributed by atoms with Crippen LogP contribution in [0.25, 0.3) is 11.3 Å². The molecule has 0 radical (unpaired) electrons. The second kappa shape index (κ2) is 5.24. The number of pyridine rings is 1. The Hall–Kier alpha value is -2.29. The van der Waals surface area contributed by atoms with E-state index in [9.17, 15) is 23.3 Å². The number of aromatic nitrogens is 3. The summed E-state index contributed by atoms with van der Waals surface area (Å²) in [6, 6.07) is 0.713. The molecule has 0 aliphatic rings. The maximum Gasteiger partial charge on any atom is 0.417 e. The van der Waals surface area contributed by atoms with E-state index >= 15 is 0 Å². The fourth-order valence-electron chi connectivity index (χ4n) is 1.77. The minimum atomic E-state index is -4.71. The highest BCUT2D eigenvalue weighted by molar-refractivity contribution is 6.28. The summed E-state index contributed by atoms with van der Waals surface area (Å²) in [5, 5.41) is 10.7. The lowest BCUT2D eigenvalue weighted by atomic mass is 10.0. The highest BCUT2D eigenvalue weighted by atomic mass is 35.5. The molecule has 0 aromatic carbocycles. The summed E-state index contributed by atoms with van der Waals surface area (Å²) in [7, 11) is 0. The molecular weight excluding hydrogens is 313 g/mol. The SMILES string of the molecule is Cc1nc(Cl)nc(-c2cnccc2C(F)(F)F)c1[N+](=O)[O-]. The van der Waals surface area contributed by atoms with E-state index < -0.39 is 33.6 Å². The van der Waals surface area contributed by atoms with Gasteiger partial charge in [-0.05, 0) is 24.6 Å². The molecule has 0 fully saturated rings. The van der Waals surface area contributed by atoms with Gasteiger partial charge in [0.1, 0.15) is 5.69 Å². The molecule has 0 amide bonds. The van der Waals surface area contributed by atoms with E-state index in [1.54, 1.807) is 0 Å². The van der Waals surface area contributed by atoms with E-state index in [-0.39, 0.29) is 11.0 Å². The monoisotopic (exact) mass is 318 g/mol. The molecule has 2 aromatic heterocycles. The zero-order valence-corrected chi connectivity index (χ0v) is 11.1. The fraction of sp³-hybridized carbons (Fsp3) is 0.182. The van der Waals surface area contributed by atoms with Crippen LogP contribution >= 0.6 is 11.6 Å². The van der Waals surface area contributed by atoms with Crippen molar-refractivity contribution >= 4 is 17.3 Å². The summed E-state index contributed by atoms with van der Waals surface area (Å²) in [5.41, 5.74) is -2.90. The number of alkyl halides is 3. The lowest BCUT2D eigenvalue weighted by Gasteiger charge is -2.12. The Morgan fingerprint density at radius 2 is 2.00 bits per heavy atom. The van der Waals surface area contributed by atoms with Crippen LogP contribution in [0.5, 0.6) is 0 Å². The van der Waals surface area contributed by atoms with Crippen molar-refractivity contribution < 1.29 is 18.1 Å². The van der Waals surface area contributed by atoms with Gasteiger partial charge in [-0.15, -0.1) is 0 Å². The van der Waals surface area contributed by atoms with Crippen molar-refractivity contribution in [2.75, 3.05) is 0 Å². The third kappa shape index (κ3) is 2.92. The molecule has 0 atom stereocenters. The fourth-order valence-corrected chi connectivity index (χ4v) is 1.98. The molecule has 0 aliphatic carbocycles. The zero-order chi connectivity index (χ0) is 15.8. The lowest BCUT2D eigenvalue weighted by Crippen LogP contribution is -2.10. The standard InChI is InChI=1S/C11H6ClF3N4O2/c1-5-9(19(20)21)8(18-10(12)17-5)6-4-16-3-2-7(6)11(13,14)15/h2-4H,1H3. The molecule has 0 spiro atoms. The average Bonchev–Trinajstić information content (AvgIpc) is 2.36. The Labute approximate surface area is 120 Å². The van der Waals surface area contributed by atoms with E-state index in [1.807, 2.05) is 0 Å². The van der Waals surface area contributed by atoms with Gasteiger partial charge < -0.3 is 0 Å². The van der Waals surface area contributed by atoms with Gasteiger partial charge in [0.05, 0.1) is 10.5 Å². The third-order valence-corrected chi connectivity index (χ3v) is 2.76. The van der Waals surface area contributed by atoms with Crippen molar-refractivity contribution in [3.05, 3.63) is 45.1 Å². The smallest absolute Gasteiger partial charge is 0.264 e. The van der Waals surface area contributed by atoms with Crippen molar-refractivity contribution in [3.8, 4) is 11.3 Å². The average molecular weight is 319 g/mol. The van der Waals surface area contributed by atoms with Gasteiger partial charge in [0.25, 0.3) is 0 Å². The number of hydrogen-bond acceptors (Lipinski definition) is 5. The summed E-state index contributed by atoms with van der Waals surface area (Å²) in [6.45, 7) is 1.26. The van der Waals surface area contributed by atoms with E-state index in [4.69, 9.17) is 11.6 Å². The van der Waals surface area contributed by atoms with Crippen LogP contribution < -0.4 is 0 Å². The largest absolute Gasteiger partial charge is 0.417 e. The summed E-state index contributed by atoms with van der Waals surface area (Å²) >= 11 is 5.60. The Bertz CT molecular complexity index is 721. The molecule has 2 rings (SSSR count). The minimum absolute atomic E-state index is 0.132. The molecule has 2 heterocycles. The second-order valence-corrected chi connectivity index (χ2v) is 4.29. The number of rotatable bonds is 2. The van der Waals surface area contributed by atoms with Crippen molar-refractivity contribution in [2.45, 2.75) is 13.1 Å². The number of halogens is 4. The number of aryl methyl sites for hydroxylation is 1. The maximum atomic E-state index is 13.0. The predicted molar refractivity (Wildman–Crippen MR) is 66.7 cm³/mol. The van der Waals surface area contributed by atoms with E-state index in [2.05, 4.69) is 15.0 Å². The normalized spacial score (nSPS) is 11.5. The van der Waals surface area contributed by atoms with Gasteiger partial charge in [-0.1, -0.05) is 0 Å². The van der Waals surface area contributed by atoms with Crippen LogP contribution in [0.3, 0.4) is 0 Å². The number of hydrogen-bond donors (Lipinski definition) is 0. The van der Waals surface area contributed by atoms with Crippen LogP contribution in [0.4, 0.5) is 18.9 Å². The van der Waals surface area contributed by atoms with Gasteiger partial charge in [0, 0.05) is 18.0 Å². The van der Waals surface area contributed by atoms with Crippen molar-refractivity contribution in [1.82, 2.24) is 15.0 Å². The molecular formula is C11H6ClF3N4O2. The van der Waals surface area contributed by atoms with Gasteiger partial charge in [0.2, 0.25) is 5.28 Å². The highest BCUT2D eigenvalue weighted by Gasteiger charge is 2.36. The summed E-state index contributed by atoms with van der Waals surface area (Å²) in [6.07, 6.45) is -2.92. The summed E-state index contributed by atoms with van der Waals surface area (Å²) in [4.78, 5) is 20.9. The van der Waals surface area contributed by atoms with Crippen molar-refractivity contribution in [1.29, 1.82) is 0 Å². The first-order chi connectivity index (χ1) is 9.71. The molecule has 0 aliphatic heterocycles. The summed E-state index contributed by atoms with van der Waals surface area (Å²) in [5.74, 6) is 0. The van der Waals surface area contributed by atoms with Gasteiger partial charge in [-0.25, -0.2) is 9.97 Å². The van der Waals surface area contributed by atoms with Crippen LogP contribution in [0, 0.1) is 17.0 Å². The molecule has 6 nitrogen and oxygen atoms in total. The van der Waals surface area contributed by atoms with Crippen LogP contribution in [0.15, 0.2) is 18.5 Å². The molecule has 0 saturated heterocycles. The molecule has 0 bridgehead atoms. The second-order valence-electron chi connectivity index (χ2n) is 3.95. The van der Waals surface area contributed by atoms with Gasteiger partial charge >= 0.3 is 11.9 Å². The first-order valence-corrected chi connectivity index (χ1v) is 5.79. The molecule has 10 heteroatoms. The van der Waals surface area contributed by atoms with Gasteiger partial charge in [0.15, 0.2) is 5.69 Å². The molecule has 0 unspecified atom stereocenters. The van der Waals surface area contributed by atoms with Gasteiger partial charge in [-0.2, -0.15) is 13.2 Å². The topological polar surface area (TPSA) is 81.8 Å². The highest BCUT2D eigenvalue weighted by Crippen LogP contribution is 2.39. The molecule has 0 N–H and O–H groups in total. The first-order valence-electron chi connectivity index (χ1n) is 5.42. The van der Waals surface area contributed by atoms with Crippen molar-refractivity contribution in [3.63, 3.8) is 0 Å². The van der Waals surface area contributed by atoms with Crippen molar-refractivity contribution in [2.24, 2.45) is 0 Å². The van der Waals surface area contributed by atoms with E-state index in [0.717, 1.165) is 12.4 Å². The predicted octanol–water partition coefficient (Wildman–Crippen LogP) is 3.43. The van der Waals surface area contributed by atoms with Crippen LogP contribution in [-0.2, 0) is 6.18 Å². The van der Waals surface area contributed by atoms with E-state index in [1.165, 1.54) is 6.92 Å². The third-order valence-electron chi connectivity index (χ3n) is 2.60. The number of nitro groups is 1. The molecule has 2 aromatic rings. The quantitative estimate of drug-likeness (QED) is 0.481.